The quantitative estimate of drug-likeness (QED) is 0.681. The molecule has 1 aromatic heterocycles. The van der Waals surface area contributed by atoms with Gasteiger partial charge in [0.25, 0.3) is 5.91 Å². The molecule has 2 aromatic rings. The molecule has 1 aromatic carbocycles. The van der Waals surface area contributed by atoms with Crippen molar-refractivity contribution < 1.29 is 9.59 Å². The van der Waals surface area contributed by atoms with Gasteiger partial charge in [0.15, 0.2) is 0 Å². The van der Waals surface area contributed by atoms with Gasteiger partial charge in [-0.25, -0.2) is 9.78 Å². The Kier molecular flexibility index (Phi) is 6.81. The summed E-state index contributed by atoms with van der Waals surface area (Å²) >= 11 is 1.69. The van der Waals surface area contributed by atoms with Gasteiger partial charge in [0, 0.05) is 36.4 Å². The van der Waals surface area contributed by atoms with E-state index in [4.69, 9.17) is 10.7 Å². The number of benzene rings is 1. The van der Waals surface area contributed by atoms with Crippen molar-refractivity contribution in [1.82, 2.24) is 15.6 Å². The fraction of sp³-hybridized carbons (Fsp3) is 0.450. The van der Waals surface area contributed by atoms with Gasteiger partial charge in [-0.2, -0.15) is 0 Å². The molecule has 0 atom stereocenters. The number of urea groups is 1. The van der Waals surface area contributed by atoms with E-state index in [1.807, 2.05) is 12.1 Å². The van der Waals surface area contributed by atoms with Crippen LogP contribution in [0, 0.1) is 0 Å². The van der Waals surface area contributed by atoms with Crippen molar-refractivity contribution in [2.45, 2.75) is 51.0 Å². The van der Waals surface area contributed by atoms with Gasteiger partial charge in [0.2, 0.25) is 0 Å². The number of amides is 3. The molecule has 1 heterocycles. The van der Waals surface area contributed by atoms with Gasteiger partial charge in [0.1, 0.15) is 0 Å². The summed E-state index contributed by atoms with van der Waals surface area (Å²) < 4.78 is 0. The van der Waals surface area contributed by atoms with E-state index in [1.54, 1.807) is 23.5 Å². The topological polar surface area (TPSA) is 97.1 Å². The molecular formula is C20H26N4O2S. The second kappa shape index (κ2) is 9.50. The normalized spacial score (nSPS) is 14.7. The first-order valence-electron chi connectivity index (χ1n) is 9.46. The first-order valence-corrected chi connectivity index (χ1v) is 10.3. The lowest BCUT2D eigenvalue weighted by Gasteiger charge is -2.19. The van der Waals surface area contributed by atoms with Crippen molar-refractivity contribution in [2.24, 2.45) is 5.73 Å². The number of nitrogens with zero attached hydrogens (tertiary/aromatic N) is 1. The van der Waals surface area contributed by atoms with Gasteiger partial charge in [-0.05, 0) is 30.5 Å². The largest absolute Gasteiger partial charge is 0.352 e. The second-order valence-corrected chi connectivity index (χ2v) is 7.86. The summed E-state index contributed by atoms with van der Waals surface area (Å²) in [6, 6.07) is 6.55. The van der Waals surface area contributed by atoms with Crippen LogP contribution in [0.2, 0.25) is 0 Å². The minimum absolute atomic E-state index is 0.103. The maximum absolute atomic E-state index is 12.2. The lowest BCUT2D eigenvalue weighted by Crippen LogP contribution is -2.28. The molecule has 1 aliphatic rings. The summed E-state index contributed by atoms with van der Waals surface area (Å²) in [7, 11) is 0. The molecule has 4 N–H and O–H groups in total. The highest BCUT2D eigenvalue weighted by molar-refractivity contribution is 7.09. The van der Waals surface area contributed by atoms with Crippen molar-refractivity contribution in [3.05, 3.63) is 51.5 Å². The minimum Gasteiger partial charge on any atom is -0.352 e. The van der Waals surface area contributed by atoms with Crippen LogP contribution < -0.4 is 16.4 Å². The Hall–Kier alpha value is -2.41. The molecule has 0 spiro atoms. The van der Waals surface area contributed by atoms with Crippen LogP contribution in [-0.2, 0) is 13.0 Å². The first kappa shape index (κ1) is 19.4. The summed E-state index contributed by atoms with van der Waals surface area (Å²) in [5.41, 5.74) is 7.77. The highest BCUT2D eigenvalue weighted by Crippen LogP contribution is 2.33. The molecule has 3 rings (SSSR count). The molecule has 6 nitrogen and oxygen atoms in total. The molecule has 27 heavy (non-hydrogen) atoms. The lowest BCUT2D eigenvalue weighted by molar-refractivity contribution is 0.0954. The standard InChI is InChI=1S/C20H26N4O2S/c21-20(26)23-12-14-6-8-16(9-7-14)19(25)22-11-10-18-24-17(13-27-18)15-4-2-1-3-5-15/h6-9,13,15H,1-5,10-12H2,(H,22,25)(H3,21,23,26). The Balaban J connectivity index is 1.44. The first-order chi connectivity index (χ1) is 13.1. The van der Waals surface area contributed by atoms with Crippen LogP contribution in [0.4, 0.5) is 4.79 Å². The lowest BCUT2D eigenvalue weighted by atomic mass is 9.87. The van der Waals surface area contributed by atoms with Crippen molar-refractivity contribution in [3.8, 4) is 0 Å². The number of primary amides is 1. The van der Waals surface area contributed by atoms with Crippen LogP contribution in [0.1, 0.15) is 64.6 Å². The number of carbonyl (C=O) groups is 2. The molecule has 0 aliphatic heterocycles. The Morgan fingerprint density at radius 2 is 1.85 bits per heavy atom. The zero-order valence-corrected chi connectivity index (χ0v) is 16.2. The molecule has 0 saturated heterocycles. The van der Waals surface area contributed by atoms with Crippen molar-refractivity contribution in [2.75, 3.05) is 6.54 Å². The smallest absolute Gasteiger partial charge is 0.312 e. The van der Waals surface area contributed by atoms with Crippen molar-refractivity contribution in [3.63, 3.8) is 0 Å². The summed E-state index contributed by atoms with van der Waals surface area (Å²) in [4.78, 5) is 27.7. The van der Waals surface area contributed by atoms with Crippen LogP contribution in [-0.4, -0.2) is 23.5 Å². The molecule has 144 valence electrons. The molecule has 1 saturated carbocycles. The van der Waals surface area contributed by atoms with Crippen LogP contribution in [0.15, 0.2) is 29.6 Å². The van der Waals surface area contributed by atoms with Gasteiger partial charge in [-0.3, -0.25) is 4.79 Å². The molecule has 0 radical (unpaired) electrons. The highest BCUT2D eigenvalue weighted by atomic mass is 32.1. The third kappa shape index (κ3) is 5.79. The second-order valence-electron chi connectivity index (χ2n) is 6.92. The van der Waals surface area contributed by atoms with Gasteiger partial charge in [-0.1, -0.05) is 31.4 Å². The average Bonchev–Trinajstić information content (AvgIpc) is 3.16. The Bertz CT molecular complexity index is 767. The Morgan fingerprint density at radius 3 is 2.56 bits per heavy atom. The molecule has 7 heteroatoms. The summed E-state index contributed by atoms with van der Waals surface area (Å²) in [6.07, 6.45) is 7.23. The van der Waals surface area contributed by atoms with E-state index in [1.165, 1.54) is 37.8 Å². The number of rotatable bonds is 7. The Labute approximate surface area is 163 Å². The van der Waals surface area contributed by atoms with E-state index >= 15 is 0 Å². The summed E-state index contributed by atoms with van der Waals surface area (Å²) in [5.74, 6) is 0.523. The number of carbonyl (C=O) groups excluding carboxylic acids is 2. The number of nitrogens with one attached hydrogen (secondary N) is 2. The van der Waals surface area contributed by atoms with Gasteiger partial charge in [0.05, 0.1) is 10.7 Å². The van der Waals surface area contributed by atoms with Gasteiger partial charge < -0.3 is 16.4 Å². The monoisotopic (exact) mass is 386 g/mol. The predicted octanol–water partition coefficient (Wildman–Crippen LogP) is 3.33. The van der Waals surface area contributed by atoms with Gasteiger partial charge >= 0.3 is 6.03 Å². The number of aromatic nitrogens is 1. The van der Waals surface area contributed by atoms with E-state index in [-0.39, 0.29) is 5.91 Å². The molecule has 1 aliphatic carbocycles. The van der Waals surface area contributed by atoms with E-state index in [9.17, 15) is 9.59 Å². The van der Waals surface area contributed by atoms with Crippen LogP contribution in [0.25, 0.3) is 0 Å². The van der Waals surface area contributed by atoms with Crippen LogP contribution >= 0.6 is 11.3 Å². The minimum atomic E-state index is -0.564. The predicted molar refractivity (Wildman–Crippen MR) is 107 cm³/mol. The summed E-state index contributed by atoms with van der Waals surface area (Å²) in [6.45, 7) is 0.923. The van der Waals surface area contributed by atoms with Crippen molar-refractivity contribution >= 4 is 23.3 Å². The average molecular weight is 387 g/mol. The SMILES string of the molecule is NC(=O)NCc1ccc(C(=O)NCCc2nc(C3CCCCC3)cs2)cc1. The summed E-state index contributed by atoms with van der Waals surface area (Å²) in [5, 5.41) is 8.74. The van der Waals surface area contributed by atoms with Crippen molar-refractivity contribution in [1.29, 1.82) is 0 Å². The number of thiazole rings is 1. The van der Waals surface area contributed by atoms with E-state index in [0.717, 1.165) is 17.0 Å². The van der Waals surface area contributed by atoms with Gasteiger partial charge in [-0.15, -0.1) is 11.3 Å². The van der Waals surface area contributed by atoms with E-state index in [0.29, 0.717) is 24.6 Å². The molecular weight excluding hydrogens is 360 g/mol. The number of hydrogen-bond donors (Lipinski definition) is 3. The maximum atomic E-state index is 12.2. The molecule has 0 unspecified atom stereocenters. The van der Waals surface area contributed by atoms with Crippen LogP contribution in [0.3, 0.4) is 0 Å². The number of nitrogens with two attached hydrogens (primary N) is 1. The molecule has 1 fully saturated rings. The fourth-order valence-electron chi connectivity index (χ4n) is 3.37. The number of hydrogen-bond acceptors (Lipinski definition) is 4. The molecule has 0 bridgehead atoms. The van der Waals surface area contributed by atoms with Crippen LogP contribution in [0.5, 0.6) is 0 Å². The van der Waals surface area contributed by atoms with E-state index < -0.39 is 6.03 Å². The molecule has 3 amide bonds. The zero-order chi connectivity index (χ0) is 19.1. The third-order valence-corrected chi connectivity index (χ3v) is 5.83. The maximum Gasteiger partial charge on any atom is 0.312 e. The van der Waals surface area contributed by atoms with E-state index in [2.05, 4.69) is 16.0 Å². The Morgan fingerprint density at radius 1 is 1.11 bits per heavy atom. The third-order valence-electron chi connectivity index (χ3n) is 4.90. The highest BCUT2D eigenvalue weighted by Gasteiger charge is 2.18. The fourth-order valence-corrected chi connectivity index (χ4v) is 4.25. The zero-order valence-electron chi connectivity index (χ0n) is 15.4.